The lowest BCUT2D eigenvalue weighted by molar-refractivity contribution is -0.138. The number of hydrogen-bond acceptors (Lipinski definition) is 3. The van der Waals surface area contributed by atoms with Gasteiger partial charge in [0.05, 0.1) is 0 Å². The lowest BCUT2D eigenvalue weighted by atomic mass is 9.98. The smallest absolute Gasteiger partial charge is 0.320 e. The Hall–Kier alpha value is -3.44. The van der Waals surface area contributed by atoms with Crippen LogP contribution >= 0.6 is 0 Å². The second-order valence-electron chi connectivity index (χ2n) is 6.87. The van der Waals surface area contributed by atoms with Crippen LogP contribution in [-0.4, -0.2) is 29.6 Å². The van der Waals surface area contributed by atoms with E-state index >= 15 is 0 Å². The zero-order valence-corrected chi connectivity index (χ0v) is 16.0. The summed E-state index contributed by atoms with van der Waals surface area (Å²) in [7, 11) is 0. The van der Waals surface area contributed by atoms with E-state index in [4.69, 9.17) is 10.8 Å². The van der Waals surface area contributed by atoms with Crippen LogP contribution < -0.4 is 11.1 Å². The van der Waals surface area contributed by atoms with Crippen molar-refractivity contribution < 1.29 is 14.7 Å². The van der Waals surface area contributed by atoms with E-state index in [1.165, 1.54) is 11.1 Å². The van der Waals surface area contributed by atoms with Gasteiger partial charge in [0.25, 0.3) is 5.91 Å². The van der Waals surface area contributed by atoms with Crippen LogP contribution in [0.3, 0.4) is 0 Å². The van der Waals surface area contributed by atoms with Crippen LogP contribution in [0.1, 0.15) is 21.5 Å². The van der Waals surface area contributed by atoms with E-state index in [-0.39, 0.29) is 12.3 Å². The Labute approximate surface area is 170 Å². The highest BCUT2D eigenvalue weighted by Gasteiger charge is 2.13. The van der Waals surface area contributed by atoms with Gasteiger partial charge in [-0.3, -0.25) is 9.59 Å². The van der Waals surface area contributed by atoms with Gasteiger partial charge in [-0.15, -0.1) is 0 Å². The number of amides is 1. The topological polar surface area (TPSA) is 92.4 Å². The molecule has 0 bridgehead atoms. The zero-order valence-electron chi connectivity index (χ0n) is 16.0. The van der Waals surface area contributed by atoms with E-state index in [9.17, 15) is 9.59 Å². The lowest BCUT2D eigenvalue weighted by Gasteiger charge is -2.11. The second kappa shape index (κ2) is 9.66. The number of carbonyl (C=O) groups is 2. The third-order valence-electron chi connectivity index (χ3n) is 4.77. The summed E-state index contributed by atoms with van der Waals surface area (Å²) in [5, 5.41) is 11.8. The van der Waals surface area contributed by atoms with Crippen molar-refractivity contribution in [3.05, 3.63) is 95.6 Å². The van der Waals surface area contributed by atoms with Crippen LogP contribution in [0.5, 0.6) is 0 Å². The summed E-state index contributed by atoms with van der Waals surface area (Å²) >= 11 is 0. The monoisotopic (exact) mass is 388 g/mol. The molecule has 0 aliphatic heterocycles. The minimum atomic E-state index is -1.04. The molecule has 0 fully saturated rings. The summed E-state index contributed by atoms with van der Waals surface area (Å²) in [6, 6.07) is 24.3. The number of nitrogens with one attached hydrogen (secondary N) is 1. The number of aliphatic carboxylic acids is 1. The maximum absolute atomic E-state index is 12.4. The van der Waals surface area contributed by atoms with E-state index in [1.807, 2.05) is 30.3 Å². The molecule has 0 saturated heterocycles. The Morgan fingerprint density at radius 3 is 2.24 bits per heavy atom. The number of carbonyl (C=O) groups excluding carboxylic acids is 1. The number of hydrogen-bond donors (Lipinski definition) is 3. The molecular weight excluding hydrogens is 364 g/mol. The summed E-state index contributed by atoms with van der Waals surface area (Å²) in [4.78, 5) is 23.2. The minimum absolute atomic E-state index is 0.156. The normalized spacial score (nSPS) is 11.6. The molecule has 29 heavy (non-hydrogen) atoms. The van der Waals surface area contributed by atoms with Crippen molar-refractivity contribution in [2.45, 2.75) is 18.9 Å². The largest absolute Gasteiger partial charge is 0.480 e. The maximum atomic E-state index is 12.4. The van der Waals surface area contributed by atoms with Gasteiger partial charge < -0.3 is 16.2 Å². The van der Waals surface area contributed by atoms with Crippen molar-refractivity contribution in [3.8, 4) is 11.1 Å². The molecule has 148 valence electrons. The lowest BCUT2D eigenvalue weighted by Crippen LogP contribution is -2.32. The Morgan fingerprint density at radius 1 is 0.897 bits per heavy atom. The van der Waals surface area contributed by atoms with Gasteiger partial charge in [0, 0.05) is 12.1 Å². The van der Waals surface area contributed by atoms with Crippen molar-refractivity contribution in [2.24, 2.45) is 5.73 Å². The van der Waals surface area contributed by atoms with Gasteiger partial charge in [0.1, 0.15) is 6.04 Å². The van der Waals surface area contributed by atoms with Crippen LogP contribution in [-0.2, 0) is 17.6 Å². The van der Waals surface area contributed by atoms with Crippen molar-refractivity contribution in [1.29, 1.82) is 0 Å². The summed E-state index contributed by atoms with van der Waals surface area (Å²) in [6.07, 6.45) is 0.954. The maximum Gasteiger partial charge on any atom is 0.320 e. The Balaban J connectivity index is 1.58. The fourth-order valence-corrected chi connectivity index (χ4v) is 3.18. The zero-order chi connectivity index (χ0) is 20.6. The molecule has 0 aliphatic carbocycles. The van der Waals surface area contributed by atoms with Gasteiger partial charge in [0.2, 0.25) is 0 Å². The average Bonchev–Trinajstić information content (AvgIpc) is 2.75. The van der Waals surface area contributed by atoms with Crippen LogP contribution in [0.4, 0.5) is 0 Å². The Bertz CT molecular complexity index is 969. The molecule has 5 nitrogen and oxygen atoms in total. The summed E-state index contributed by atoms with van der Waals surface area (Å²) < 4.78 is 0. The Kier molecular flexibility index (Phi) is 6.76. The van der Waals surface area contributed by atoms with Gasteiger partial charge in [-0.1, -0.05) is 66.7 Å². The third kappa shape index (κ3) is 5.53. The molecule has 0 spiro atoms. The van der Waals surface area contributed by atoms with Crippen molar-refractivity contribution in [2.75, 3.05) is 6.54 Å². The minimum Gasteiger partial charge on any atom is -0.480 e. The quantitative estimate of drug-likeness (QED) is 0.552. The SMILES string of the molecule is N[C@@H](Cc1ccc(C(=O)NCCc2ccccc2-c2ccccc2)cc1)C(=O)O. The predicted octanol–water partition coefficient (Wildman–Crippen LogP) is 3.28. The Morgan fingerprint density at radius 2 is 1.55 bits per heavy atom. The molecule has 1 atom stereocenters. The summed E-state index contributed by atoms with van der Waals surface area (Å²) in [5.74, 6) is -1.20. The van der Waals surface area contributed by atoms with E-state index in [2.05, 4.69) is 29.6 Å². The molecule has 3 rings (SSSR count). The third-order valence-corrected chi connectivity index (χ3v) is 4.77. The van der Waals surface area contributed by atoms with E-state index in [1.54, 1.807) is 24.3 Å². The molecule has 3 aromatic carbocycles. The van der Waals surface area contributed by atoms with Crippen molar-refractivity contribution >= 4 is 11.9 Å². The molecular formula is C24H24N2O3. The number of rotatable bonds is 8. The number of nitrogens with two attached hydrogens (primary N) is 1. The van der Waals surface area contributed by atoms with Crippen molar-refractivity contribution in [1.82, 2.24) is 5.32 Å². The average molecular weight is 388 g/mol. The molecule has 0 heterocycles. The molecule has 0 radical (unpaired) electrons. The fraction of sp³-hybridized carbons (Fsp3) is 0.167. The van der Waals surface area contributed by atoms with Gasteiger partial charge in [-0.05, 0) is 47.2 Å². The summed E-state index contributed by atoms with van der Waals surface area (Å²) in [6.45, 7) is 0.522. The molecule has 5 heteroatoms. The van der Waals surface area contributed by atoms with Crippen LogP contribution in [0, 0.1) is 0 Å². The molecule has 3 aromatic rings. The highest BCUT2D eigenvalue weighted by molar-refractivity contribution is 5.94. The summed E-state index contributed by atoms with van der Waals surface area (Å²) in [5.41, 5.74) is 10.4. The van der Waals surface area contributed by atoms with Gasteiger partial charge in [-0.25, -0.2) is 0 Å². The first-order valence-corrected chi connectivity index (χ1v) is 9.53. The first-order chi connectivity index (χ1) is 14.0. The van der Waals surface area contributed by atoms with Gasteiger partial charge >= 0.3 is 5.97 Å². The fourth-order valence-electron chi connectivity index (χ4n) is 3.18. The second-order valence-corrected chi connectivity index (χ2v) is 6.87. The van der Waals surface area contributed by atoms with Crippen LogP contribution in [0.25, 0.3) is 11.1 Å². The van der Waals surface area contributed by atoms with Crippen molar-refractivity contribution in [3.63, 3.8) is 0 Å². The molecule has 0 aliphatic rings. The number of carboxylic acids is 1. The number of benzene rings is 3. The molecule has 0 saturated carbocycles. The highest BCUT2D eigenvalue weighted by Crippen LogP contribution is 2.23. The van der Waals surface area contributed by atoms with E-state index < -0.39 is 12.0 Å². The number of carboxylic acid groups (broad SMARTS) is 1. The van der Waals surface area contributed by atoms with Gasteiger partial charge in [-0.2, -0.15) is 0 Å². The molecule has 0 unspecified atom stereocenters. The predicted molar refractivity (Wildman–Crippen MR) is 114 cm³/mol. The molecule has 0 aromatic heterocycles. The first kappa shape index (κ1) is 20.3. The van der Waals surface area contributed by atoms with Crippen LogP contribution in [0.15, 0.2) is 78.9 Å². The van der Waals surface area contributed by atoms with E-state index in [0.717, 1.165) is 17.5 Å². The highest BCUT2D eigenvalue weighted by atomic mass is 16.4. The molecule has 4 N–H and O–H groups in total. The van der Waals surface area contributed by atoms with Crippen LogP contribution in [0.2, 0.25) is 0 Å². The standard InChI is InChI=1S/C24H24N2O3/c25-22(24(28)29)16-17-10-12-20(13-11-17)23(27)26-15-14-19-8-4-5-9-21(19)18-6-2-1-3-7-18/h1-13,22H,14-16,25H2,(H,26,27)(H,28,29)/t22-/m0/s1. The first-order valence-electron chi connectivity index (χ1n) is 9.53. The molecule has 1 amide bonds. The van der Waals surface area contributed by atoms with Gasteiger partial charge in [0.15, 0.2) is 0 Å². The van der Waals surface area contributed by atoms with E-state index in [0.29, 0.717) is 12.1 Å².